The number of aliphatic hydroxyl groups excluding tert-OH is 1. The number of nitrogens with two attached hydrogens (primary N) is 1. The highest BCUT2D eigenvalue weighted by atomic mass is 16.5. The van der Waals surface area contributed by atoms with E-state index in [1.807, 2.05) is 30.3 Å². The smallest absolute Gasteiger partial charge is 0.316 e. The molecule has 2 heterocycles. The van der Waals surface area contributed by atoms with Gasteiger partial charge in [0.15, 0.2) is 12.2 Å². The molecule has 0 radical (unpaired) electrons. The monoisotopic (exact) mass is 556 g/mol. The number of anilines is 2. The number of amidine groups is 1. The number of benzene rings is 3. The van der Waals surface area contributed by atoms with Gasteiger partial charge in [0, 0.05) is 23.5 Å². The highest BCUT2D eigenvalue weighted by Gasteiger charge is 2.40. The first-order chi connectivity index (χ1) is 19.6. The topological polar surface area (TPSA) is 144 Å². The molecule has 2 aliphatic heterocycles. The van der Waals surface area contributed by atoms with Gasteiger partial charge in [0.2, 0.25) is 0 Å². The van der Waals surface area contributed by atoms with Crippen LogP contribution in [0.25, 0.3) is 0 Å². The second-order valence-corrected chi connectivity index (χ2v) is 10.5. The quantitative estimate of drug-likeness (QED) is 0.362. The number of aliphatic imine (C=N–C) groups is 1. The molecule has 0 saturated carbocycles. The van der Waals surface area contributed by atoms with Gasteiger partial charge in [-0.25, -0.2) is 0 Å². The molecule has 3 aromatic carbocycles. The molecular formula is C31H32N4O6. The molecule has 5 rings (SSSR count). The molecule has 0 bridgehead atoms. The fourth-order valence-corrected chi connectivity index (χ4v) is 4.83. The highest BCUT2D eigenvalue weighted by Crippen LogP contribution is 2.30. The summed E-state index contributed by atoms with van der Waals surface area (Å²) in [6.07, 6.45) is -3.14. The van der Waals surface area contributed by atoms with Crippen molar-refractivity contribution in [3.8, 4) is 0 Å². The maximum Gasteiger partial charge on any atom is 0.316 e. The maximum atomic E-state index is 13.4. The minimum atomic E-state index is -1.74. The Morgan fingerprint density at radius 3 is 2.71 bits per heavy atom. The Hall–Kier alpha value is -4.54. The Morgan fingerprint density at radius 1 is 1.15 bits per heavy atom. The number of amides is 2. The summed E-state index contributed by atoms with van der Waals surface area (Å²) >= 11 is 0. The van der Waals surface area contributed by atoms with Crippen LogP contribution in [0.3, 0.4) is 0 Å². The van der Waals surface area contributed by atoms with Gasteiger partial charge in [0.1, 0.15) is 12.4 Å². The van der Waals surface area contributed by atoms with E-state index in [1.165, 1.54) is 4.90 Å². The first kappa shape index (κ1) is 28.0. The second-order valence-electron chi connectivity index (χ2n) is 10.5. The van der Waals surface area contributed by atoms with Crippen LogP contribution in [0.2, 0.25) is 0 Å². The van der Waals surface area contributed by atoms with Crippen LogP contribution in [0.15, 0.2) is 77.8 Å². The Balaban J connectivity index is 1.26. The average molecular weight is 557 g/mol. The van der Waals surface area contributed by atoms with Crippen molar-refractivity contribution in [2.24, 2.45) is 10.7 Å². The van der Waals surface area contributed by atoms with Crippen molar-refractivity contribution in [3.63, 3.8) is 0 Å². The predicted molar refractivity (Wildman–Crippen MR) is 153 cm³/mol. The number of carbonyl (C=O) groups excluding carboxylic acids is 3. The number of aliphatic hydroxyl groups is 1. The van der Waals surface area contributed by atoms with Crippen LogP contribution in [-0.2, 0) is 42.4 Å². The summed E-state index contributed by atoms with van der Waals surface area (Å²) in [5.74, 6) is -1.29. The van der Waals surface area contributed by atoms with Crippen molar-refractivity contribution in [3.05, 3.63) is 95.1 Å². The van der Waals surface area contributed by atoms with Crippen molar-refractivity contribution in [2.75, 3.05) is 23.4 Å². The van der Waals surface area contributed by atoms with E-state index in [2.05, 4.69) is 10.3 Å². The van der Waals surface area contributed by atoms with Crippen LogP contribution in [0.5, 0.6) is 0 Å². The number of rotatable bonds is 8. The maximum absolute atomic E-state index is 13.4. The third-order valence-corrected chi connectivity index (χ3v) is 7.35. The minimum absolute atomic E-state index is 0.114. The number of esters is 1. The van der Waals surface area contributed by atoms with E-state index in [1.54, 1.807) is 56.3 Å². The number of carbonyl (C=O) groups is 3. The molecule has 212 valence electrons. The largest absolute Gasteiger partial charge is 0.460 e. The molecule has 0 aromatic heterocycles. The van der Waals surface area contributed by atoms with Gasteiger partial charge >= 0.3 is 5.97 Å². The van der Waals surface area contributed by atoms with Gasteiger partial charge in [-0.2, -0.15) is 0 Å². The molecule has 3 aromatic rings. The zero-order chi connectivity index (χ0) is 29.1. The molecule has 2 unspecified atom stereocenters. The van der Waals surface area contributed by atoms with Gasteiger partial charge in [-0.3, -0.25) is 19.4 Å². The lowest BCUT2D eigenvalue weighted by atomic mass is 9.84. The third kappa shape index (κ3) is 5.84. The summed E-state index contributed by atoms with van der Waals surface area (Å²) in [7, 11) is 0. The summed E-state index contributed by atoms with van der Waals surface area (Å²) in [4.78, 5) is 44.9. The first-order valence-electron chi connectivity index (χ1n) is 13.3. The van der Waals surface area contributed by atoms with E-state index in [-0.39, 0.29) is 19.8 Å². The van der Waals surface area contributed by atoms with Crippen molar-refractivity contribution in [2.45, 2.75) is 44.6 Å². The number of ether oxygens (including phenoxy) is 2. The predicted octanol–water partition coefficient (Wildman–Crippen LogP) is 2.66. The zero-order valence-corrected chi connectivity index (χ0v) is 22.9. The van der Waals surface area contributed by atoms with E-state index >= 15 is 0 Å². The van der Waals surface area contributed by atoms with Gasteiger partial charge < -0.3 is 30.5 Å². The fraction of sp³-hybridized carbons (Fsp3) is 0.290. The van der Waals surface area contributed by atoms with E-state index < -0.39 is 35.4 Å². The molecule has 2 aliphatic rings. The molecule has 10 heteroatoms. The van der Waals surface area contributed by atoms with E-state index in [0.29, 0.717) is 29.3 Å². The van der Waals surface area contributed by atoms with Gasteiger partial charge in [-0.15, -0.1) is 0 Å². The summed E-state index contributed by atoms with van der Waals surface area (Å²) in [6, 6.07) is 21.6. The highest BCUT2D eigenvalue weighted by molar-refractivity contribution is 6.05. The Morgan fingerprint density at radius 2 is 1.93 bits per heavy atom. The molecule has 0 spiro atoms. The summed E-state index contributed by atoms with van der Waals surface area (Å²) < 4.78 is 11.1. The Kier molecular flexibility index (Phi) is 7.87. The summed E-state index contributed by atoms with van der Waals surface area (Å²) in [5.41, 5.74) is 9.02. The number of hydrogen-bond acceptors (Lipinski definition) is 8. The summed E-state index contributed by atoms with van der Waals surface area (Å²) in [6.45, 7) is 4.42. The normalized spacial score (nSPS) is 17.4. The van der Waals surface area contributed by atoms with Gasteiger partial charge in [0.25, 0.3) is 11.8 Å². The molecule has 1 saturated heterocycles. The lowest BCUT2D eigenvalue weighted by Gasteiger charge is -2.34. The molecule has 2 amide bonds. The molecule has 41 heavy (non-hydrogen) atoms. The minimum Gasteiger partial charge on any atom is -0.460 e. The zero-order valence-electron chi connectivity index (χ0n) is 22.9. The molecule has 2 atom stereocenters. The molecule has 4 N–H and O–H groups in total. The second kappa shape index (κ2) is 11.5. The van der Waals surface area contributed by atoms with Gasteiger partial charge in [0.05, 0.1) is 18.6 Å². The van der Waals surface area contributed by atoms with E-state index in [4.69, 9.17) is 15.2 Å². The third-order valence-electron chi connectivity index (χ3n) is 7.35. The lowest BCUT2D eigenvalue weighted by molar-refractivity contribution is -0.150. The number of fused-ring (bicyclic) bond motifs is 1. The Bertz CT molecular complexity index is 1500. The fourth-order valence-electron chi connectivity index (χ4n) is 4.83. The van der Waals surface area contributed by atoms with Crippen molar-refractivity contribution >= 4 is 35.0 Å². The number of morpholine rings is 1. The number of nitrogens with zero attached hydrogens (tertiary/aromatic N) is 2. The molecule has 1 fully saturated rings. The van der Waals surface area contributed by atoms with Crippen LogP contribution in [-0.4, -0.2) is 54.1 Å². The van der Waals surface area contributed by atoms with Crippen molar-refractivity contribution < 1.29 is 29.0 Å². The SMILES string of the molecule is CC(C)(C(=O)OCc1ccccc1)c1cccc(N2CCOC(C(O)C(=O)Nc3ccc4c(c3)CN=C4N)C2=O)c1. The van der Waals surface area contributed by atoms with Crippen LogP contribution >= 0.6 is 0 Å². The summed E-state index contributed by atoms with van der Waals surface area (Å²) in [5, 5.41) is 13.4. The van der Waals surface area contributed by atoms with Crippen LogP contribution in [0.4, 0.5) is 11.4 Å². The average Bonchev–Trinajstić information content (AvgIpc) is 3.35. The number of hydrogen-bond donors (Lipinski definition) is 3. The van der Waals surface area contributed by atoms with Crippen LogP contribution in [0, 0.1) is 0 Å². The van der Waals surface area contributed by atoms with E-state index in [0.717, 1.165) is 16.7 Å². The standard InChI is InChI=1S/C31H32N4O6/c1-31(2,30(39)41-18-19-7-4-3-5-8-19)21-9-6-10-23(16-21)35-13-14-40-26(29(35)38)25(36)28(37)34-22-11-12-24-20(15-22)17-33-27(24)32/h3-12,15-16,25-26,36H,13-14,17-18H2,1-2H3,(H2,32,33)(H,34,37). The van der Waals surface area contributed by atoms with Gasteiger partial charge in [-0.1, -0.05) is 42.5 Å². The van der Waals surface area contributed by atoms with Gasteiger partial charge in [-0.05, 0) is 60.9 Å². The van der Waals surface area contributed by atoms with E-state index in [9.17, 15) is 19.5 Å². The Labute approximate surface area is 237 Å². The van der Waals surface area contributed by atoms with Crippen LogP contribution in [0.1, 0.15) is 36.1 Å². The van der Waals surface area contributed by atoms with Crippen molar-refractivity contribution in [1.82, 2.24) is 0 Å². The molecule has 10 nitrogen and oxygen atoms in total. The number of nitrogens with one attached hydrogen (secondary N) is 1. The molecule has 0 aliphatic carbocycles. The molecular weight excluding hydrogens is 524 g/mol. The lowest BCUT2D eigenvalue weighted by Crippen LogP contribution is -2.55. The van der Waals surface area contributed by atoms with Crippen molar-refractivity contribution in [1.29, 1.82) is 0 Å². The first-order valence-corrected chi connectivity index (χ1v) is 13.3. The van der Waals surface area contributed by atoms with Crippen LogP contribution < -0.4 is 16.0 Å².